The Labute approximate surface area is 213 Å². The van der Waals surface area contributed by atoms with Crippen LogP contribution in [0.25, 0.3) is 0 Å². The molecule has 1 atom stereocenters. The maximum atomic E-state index is 6.16. The molecule has 32 heavy (non-hydrogen) atoms. The van der Waals surface area contributed by atoms with E-state index >= 15 is 0 Å². The Morgan fingerprint density at radius 3 is 2.56 bits per heavy atom. The minimum absolute atomic E-state index is 0. The quantitative estimate of drug-likeness (QED) is 0.311. The number of halogens is 2. The van der Waals surface area contributed by atoms with E-state index in [0.29, 0.717) is 12.6 Å². The fraction of sp³-hybridized carbons (Fsp3) is 0.458. The van der Waals surface area contributed by atoms with E-state index in [9.17, 15) is 0 Å². The number of rotatable bonds is 6. The summed E-state index contributed by atoms with van der Waals surface area (Å²) >= 11 is 6.16. The third kappa shape index (κ3) is 6.89. The topological polar surface area (TPSA) is 52.1 Å². The van der Waals surface area contributed by atoms with Crippen molar-refractivity contribution in [3.63, 3.8) is 0 Å². The molecule has 0 saturated carbocycles. The molecule has 0 radical (unpaired) electrons. The molecule has 0 spiro atoms. The summed E-state index contributed by atoms with van der Waals surface area (Å²) in [6.45, 7) is 9.08. The monoisotopic (exact) mass is 569 g/mol. The Balaban J connectivity index is 0.00000289. The van der Waals surface area contributed by atoms with E-state index in [2.05, 4.69) is 57.7 Å². The third-order valence-electron chi connectivity index (χ3n) is 5.78. The van der Waals surface area contributed by atoms with Gasteiger partial charge in [0.1, 0.15) is 0 Å². The Hall–Kier alpha value is -1.71. The van der Waals surface area contributed by atoms with E-state index in [1.807, 2.05) is 18.2 Å². The van der Waals surface area contributed by atoms with Gasteiger partial charge in [-0.05, 0) is 49.2 Å². The van der Waals surface area contributed by atoms with E-state index in [0.717, 1.165) is 63.3 Å². The van der Waals surface area contributed by atoms with Gasteiger partial charge in [0.15, 0.2) is 5.96 Å². The summed E-state index contributed by atoms with van der Waals surface area (Å²) in [7, 11) is 0. The third-order valence-corrected chi connectivity index (χ3v) is 6.01. The number of anilines is 2. The second-order valence-electron chi connectivity index (χ2n) is 8.02. The van der Waals surface area contributed by atoms with Crippen LogP contribution in [0.3, 0.4) is 0 Å². The zero-order valence-electron chi connectivity index (χ0n) is 18.6. The lowest BCUT2D eigenvalue weighted by Gasteiger charge is -2.28. The van der Waals surface area contributed by atoms with Crippen molar-refractivity contribution in [3.05, 3.63) is 59.1 Å². The SMILES string of the molecule is CCNC(=NCc1ccc(N2CCOCC2)cc1)NC1CCN(c2cccc(Cl)c2)C1.I. The maximum absolute atomic E-state index is 6.16. The molecule has 2 heterocycles. The first-order chi connectivity index (χ1) is 15.2. The van der Waals surface area contributed by atoms with Gasteiger partial charge in [-0.15, -0.1) is 24.0 Å². The smallest absolute Gasteiger partial charge is 0.191 e. The lowest BCUT2D eigenvalue weighted by molar-refractivity contribution is 0.122. The predicted molar refractivity (Wildman–Crippen MR) is 145 cm³/mol. The van der Waals surface area contributed by atoms with Crippen LogP contribution in [0.5, 0.6) is 0 Å². The van der Waals surface area contributed by atoms with Crippen LogP contribution in [0.2, 0.25) is 5.02 Å². The molecular weight excluding hydrogens is 537 g/mol. The molecule has 6 nitrogen and oxygen atoms in total. The number of guanidine groups is 1. The highest BCUT2D eigenvalue weighted by Crippen LogP contribution is 2.23. The van der Waals surface area contributed by atoms with Gasteiger partial charge in [-0.2, -0.15) is 0 Å². The maximum Gasteiger partial charge on any atom is 0.191 e. The molecule has 4 rings (SSSR count). The van der Waals surface area contributed by atoms with Gasteiger partial charge in [-0.25, -0.2) is 4.99 Å². The molecule has 2 aliphatic rings. The van der Waals surface area contributed by atoms with Crippen LogP contribution >= 0.6 is 35.6 Å². The number of nitrogens with zero attached hydrogens (tertiary/aromatic N) is 3. The Bertz CT molecular complexity index is 873. The lowest BCUT2D eigenvalue weighted by atomic mass is 10.2. The summed E-state index contributed by atoms with van der Waals surface area (Å²) in [5.41, 5.74) is 3.65. The Morgan fingerprint density at radius 2 is 1.84 bits per heavy atom. The summed E-state index contributed by atoms with van der Waals surface area (Å²) < 4.78 is 5.44. The number of aliphatic imine (C=N–C) groups is 1. The van der Waals surface area contributed by atoms with Crippen molar-refractivity contribution in [2.45, 2.75) is 25.9 Å². The van der Waals surface area contributed by atoms with Crippen molar-refractivity contribution in [2.75, 3.05) is 55.7 Å². The fourth-order valence-corrected chi connectivity index (χ4v) is 4.29. The van der Waals surface area contributed by atoms with Crippen molar-refractivity contribution < 1.29 is 4.74 Å². The van der Waals surface area contributed by atoms with Crippen LogP contribution in [0.1, 0.15) is 18.9 Å². The van der Waals surface area contributed by atoms with Crippen LogP contribution in [0, 0.1) is 0 Å². The Morgan fingerprint density at radius 1 is 1.06 bits per heavy atom. The number of hydrogen-bond donors (Lipinski definition) is 2. The molecule has 0 bridgehead atoms. The minimum Gasteiger partial charge on any atom is -0.378 e. The predicted octanol–water partition coefficient (Wildman–Crippen LogP) is 4.13. The zero-order chi connectivity index (χ0) is 21.5. The highest BCUT2D eigenvalue weighted by Gasteiger charge is 2.23. The molecule has 2 aliphatic heterocycles. The van der Waals surface area contributed by atoms with E-state index in [-0.39, 0.29) is 24.0 Å². The lowest BCUT2D eigenvalue weighted by Crippen LogP contribution is -2.44. The van der Waals surface area contributed by atoms with Gasteiger partial charge in [0, 0.05) is 55.2 Å². The molecule has 2 aromatic rings. The van der Waals surface area contributed by atoms with Crippen molar-refractivity contribution >= 4 is 52.9 Å². The van der Waals surface area contributed by atoms with E-state index in [4.69, 9.17) is 21.3 Å². The average molecular weight is 570 g/mol. The van der Waals surface area contributed by atoms with Gasteiger partial charge in [0.25, 0.3) is 0 Å². The summed E-state index contributed by atoms with van der Waals surface area (Å²) in [5, 5.41) is 7.77. The number of ether oxygens (including phenoxy) is 1. The van der Waals surface area contributed by atoms with Gasteiger partial charge in [0.05, 0.1) is 19.8 Å². The standard InChI is InChI=1S/C24H32ClN5O.HI/c1-2-26-24(28-21-10-11-30(18-21)23-5-3-4-20(25)16-23)27-17-19-6-8-22(9-7-19)29-12-14-31-15-13-29;/h3-9,16,21H,2,10-15,17-18H2,1H3,(H2,26,27,28);1H. The molecule has 174 valence electrons. The second-order valence-corrected chi connectivity index (χ2v) is 8.45. The second kappa shape index (κ2) is 12.5. The van der Waals surface area contributed by atoms with Crippen LogP contribution in [-0.2, 0) is 11.3 Å². The largest absolute Gasteiger partial charge is 0.378 e. The van der Waals surface area contributed by atoms with Gasteiger partial charge in [-0.1, -0.05) is 29.8 Å². The number of morpholine rings is 1. The van der Waals surface area contributed by atoms with E-state index in [1.165, 1.54) is 16.9 Å². The van der Waals surface area contributed by atoms with E-state index in [1.54, 1.807) is 0 Å². The van der Waals surface area contributed by atoms with Crippen molar-refractivity contribution in [1.82, 2.24) is 10.6 Å². The van der Waals surface area contributed by atoms with Crippen LogP contribution in [0.4, 0.5) is 11.4 Å². The molecule has 8 heteroatoms. The molecule has 2 saturated heterocycles. The molecule has 1 unspecified atom stereocenters. The van der Waals surface area contributed by atoms with Crippen molar-refractivity contribution in [3.8, 4) is 0 Å². The fourth-order valence-electron chi connectivity index (χ4n) is 4.10. The molecule has 2 fully saturated rings. The van der Waals surface area contributed by atoms with Crippen LogP contribution < -0.4 is 20.4 Å². The summed E-state index contributed by atoms with van der Waals surface area (Å²) in [4.78, 5) is 9.56. The summed E-state index contributed by atoms with van der Waals surface area (Å²) in [6, 6.07) is 17.2. The highest BCUT2D eigenvalue weighted by atomic mass is 127. The molecule has 0 amide bonds. The van der Waals surface area contributed by atoms with Crippen molar-refractivity contribution in [1.29, 1.82) is 0 Å². The first kappa shape index (κ1) is 24.9. The van der Waals surface area contributed by atoms with Gasteiger partial charge >= 0.3 is 0 Å². The van der Waals surface area contributed by atoms with Gasteiger partial charge < -0.3 is 25.2 Å². The number of nitrogens with one attached hydrogen (secondary N) is 2. The van der Waals surface area contributed by atoms with Crippen molar-refractivity contribution in [2.24, 2.45) is 4.99 Å². The van der Waals surface area contributed by atoms with Crippen LogP contribution in [0.15, 0.2) is 53.5 Å². The average Bonchev–Trinajstić information content (AvgIpc) is 3.27. The molecule has 2 N–H and O–H groups in total. The molecule has 0 aliphatic carbocycles. The van der Waals surface area contributed by atoms with E-state index < -0.39 is 0 Å². The minimum atomic E-state index is 0. The summed E-state index contributed by atoms with van der Waals surface area (Å²) in [6.07, 6.45) is 1.07. The Kier molecular flexibility index (Phi) is 9.74. The number of benzene rings is 2. The molecule has 0 aromatic heterocycles. The first-order valence-electron chi connectivity index (χ1n) is 11.2. The van der Waals surface area contributed by atoms with Crippen LogP contribution in [-0.4, -0.2) is 57.9 Å². The normalized spacial score (nSPS) is 18.9. The highest BCUT2D eigenvalue weighted by molar-refractivity contribution is 14.0. The number of hydrogen-bond acceptors (Lipinski definition) is 4. The molecule has 2 aromatic carbocycles. The summed E-state index contributed by atoms with van der Waals surface area (Å²) in [5.74, 6) is 0.873. The van der Waals surface area contributed by atoms with Gasteiger partial charge in [0.2, 0.25) is 0 Å². The van der Waals surface area contributed by atoms with Gasteiger partial charge in [-0.3, -0.25) is 0 Å². The first-order valence-corrected chi connectivity index (χ1v) is 11.6. The zero-order valence-corrected chi connectivity index (χ0v) is 21.7. The molecular formula is C24H33ClIN5O.